The summed E-state index contributed by atoms with van der Waals surface area (Å²) < 4.78 is 24.2. The molecular formula is C14H21N2O3S. The van der Waals surface area contributed by atoms with Crippen LogP contribution in [0.25, 0.3) is 0 Å². The fourth-order valence-electron chi connectivity index (χ4n) is 1.64. The zero-order chi connectivity index (χ0) is 15.2. The van der Waals surface area contributed by atoms with Crippen LogP contribution in [0.5, 0.6) is 0 Å². The molecule has 0 fully saturated rings. The van der Waals surface area contributed by atoms with Crippen molar-refractivity contribution in [3.63, 3.8) is 0 Å². The lowest BCUT2D eigenvalue weighted by atomic mass is 10.1. The van der Waals surface area contributed by atoms with Gasteiger partial charge >= 0.3 is 0 Å². The Bertz CT molecular complexity index is 553. The molecule has 1 aromatic carbocycles. The Balaban J connectivity index is 2.54. The quantitative estimate of drug-likeness (QED) is 0.745. The van der Waals surface area contributed by atoms with Gasteiger partial charge in [-0.1, -0.05) is 12.1 Å². The van der Waals surface area contributed by atoms with Gasteiger partial charge in [0, 0.05) is 18.2 Å². The third-order valence-corrected chi connectivity index (χ3v) is 3.19. The summed E-state index contributed by atoms with van der Waals surface area (Å²) in [5, 5.41) is 2.83. The molecule has 1 amide bonds. The van der Waals surface area contributed by atoms with Gasteiger partial charge in [0.15, 0.2) is 0 Å². The summed E-state index contributed by atoms with van der Waals surface area (Å²) in [4.78, 5) is 11.9. The fourth-order valence-corrected chi connectivity index (χ4v) is 2.12. The van der Waals surface area contributed by atoms with Gasteiger partial charge in [-0.25, -0.2) is 13.1 Å². The molecule has 1 radical (unpaired) electrons. The van der Waals surface area contributed by atoms with Crippen molar-refractivity contribution in [2.45, 2.75) is 26.3 Å². The Hall–Kier alpha value is -1.40. The number of amides is 1. The fraction of sp³-hybridized carbons (Fsp3) is 0.429. The molecule has 0 bridgehead atoms. The van der Waals surface area contributed by atoms with Gasteiger partial charge in [-0.3, -0.25) is 4.79 Å². The zero-order valence-corrected chi connectivity index (χ0v) is 12.8. The van der Waals surface area contributed by atoms with E-state index < -0.39 is 10.0 Å². The van der Waals surface area contributed by atoms with Crippen LogP contribution < -0.4 is 10.0 Å². The topological polar surface area (TPSA) is 75.3 Å². The molecule has 0 saturated carbocycles. The first kappa shape index (κ1) is 16.7. The molecule has 5 nitrogen and oxygen atoms in total. The first-order valence-electron chi connectivity index (χ1n) is 6.47. The second kappa shape index (κ2) is 7.40. The van der Waals surface area contributed by atoms with Crippen molar-refractivity contribution >= 4 is 15.9 Å². The van der Waals surface area contributed by atoms with Crippen LogP contribution in [-0.2, 0) is 10.0 Å². The molecule has 111 valence electrons. The van der Waals surface area contributed by atoms with E-state index in [1.54, 1.807) is 12.1 Å². The highest BCUT2D eigenvalue weighted by Gasteiger charge is 2.07. The van der Waals surface area contributed by atoms with Gasteiger partial charge in [-0.15, -0.1) is 0 Å². The molecular weight excluding hydrogens is 276 g/mol. The molecule has 20 heavy (non-hydrogen) atoms. The Morgan fingerprint density at radius 2 is 2.05 bits per heavy atom. The van der Waals surface area contributed by atoms with Gasteiger partial charge in [0.05, 0.1) is 6.26 Å². The number of rotatable bonds is 7. The molecule has 0 aliphatic heterocycles. The summed E-state index contributed by atoms with van der Waals surface area (Å²) in [5.74, 6) is -0.107. The number of hydrogen-bond donors (Lipinski definition) is 2. The maximum absolute atomic E-state index is 11.9. The standard InChI is InChI=1S/C14H21N2O3S/c1-11(2)16-14(17)13-8-4-6-12(10-13)7-5-9-15-20(3,18)19/h4,6-8,10-11,15H,5,9H2,1-3H3,(H,16,17). The largest absolute Gasteiger partial charge is 0.350 e. The number of carbonyl (C=O) groups excluding carboxylic acids is 1. The Labute approximate surface area is 120 Å². The van der Waals surface area contributed by atoms with E-state index in [2.05, 4.69) is 10.0 Å². The summed E-state index contributed by atoms with van der Waals surface area (Å²) in [5.41, 5.74) is 1.50. The van der Waals surface area contributed by atoms with Crippen molar-refractivity contribution in [3.8, 4) is 0 Å². The number of sulfonamides is 1. The second-order valence-electron chi connectivity index (χ2n) is 4.91. The van der Waals surface area contributed by atoms with E-state index >= 15 is 0 Å². The van der Waals surface area contributed by atoms with Crippen LogP contribution in [0.4, 0.5) is 0 Å². The zero-order valence-electron chi connectivity index (χ0n) is 12.0. The predicted octanol–water partition coefficient (Wildman–Crippen LogP) is 1.32. The van der Waals surface area contributed by atoms with Crippen LogP contribution in [0.2, 0.25) is 0 Å². The number of hydrogen-bond acceptors (Lipinski definition) is 3. The highest BCUT2D eigenvalue weighted by molar-refractivity contribution is 7.88. The van der Waals surface area contributed by atoms with Gasteiger partial charge in [0.1, 0.15) is 0 Å². The van der Waals surface area contributed by atoms with Gasteiger partial charge in [-0.2, -0.15) is 0 Å². The third-order valence-electron chi connectivity index (χ3n) is 2.46. The van der Waals surface area contributed by atoms with Gasteiger partial charge in [0.25, 0.3) is 5.91 Å². The summed E-state index contributed by atoms with van der Waals surface area (Å²) in [6.45, 7) is 4.16. The van der Waals surface area contributed by atoms with E-state index in [0.717, 1.165) is 11.8 Å². The van der Waals surface area contributed by atoms with Crippen LogP contribution in [0.3, 0.4) is 0 Å². The summed E-state index contributed by atoms with van der Waals surface area (Å²) >= 11 is 0. The van der Waals surface area contributed by atoms with E-state index in [9.17, 15) is 13.2 Å². The first-order chi connectivity index (χ1) is 9.28. The van der Waals surface area contributed by atoms with Crippen molar-refractivity contribution in [2.24, 2.45) is 0 Å². The highest BCUT2D eigenvalue weighted by atomic mass is 32.2. The lowest BCUT2D eigenvalue weighted by molar-refractivity contribution is 0.0943. The Morgan fingerprint density at radius 3 is 2.65 bits per heavy atom. The van der Waals surface area contributed by atoms with Gasteiger partial charge < -0.3 is 5.32 Å². The molecule has 0 aliphatic rings. The van der Waals surface area contributed by atoms with E-state index in [1.165, 1.54) is 0 Å². The maximum Gasteiger partial charge on any atom is 0.251 e. The van der Waals surface area contributed by atoms with Crippen LogP contribution >= 0.6 is 0 Å². The molecule has 0 unspecified atom stereocenters. The minimum Gasteiger partial charge on any atom is -0.350 e. The molecule has 0 aromatic heterocycles. The highest BCUT2D eigenvalue weighted by Crippen LogP contribution is 2.09. The van der Waals surface area contributed by atoms with Crippen molar-refractivity contribution in [1.82, 2.24) is 10.0 Å². The number of carbonyl (C=O) groups is 1. The molecule has 1 rings (SSSR count). The second-order valence-corrected chi connectivity index (χ2v) is 6.75. The van der Waals surface area contributed by atoms with Gasteiger partial charge in [0.2, 0.25) is 10.0 Å². The van der Waals surface area contributed by atoms with E-state index in [0.29, 0.717) is 18.5 Å². The first-order valence-corrected chi connectivity index (χ1v) is 8.36. The van der Waals surface area contributed by atoms with Crippen molar-refractivity contribution in [2.75, 3.05) is 12.8 Å². The minimum atomic E-state index is -3.15. The molecule has 0 aliphatic carbocycles. The lowest BCUT2D eigenvalue weighted by Crippen LogP contribution is -2.30. The van der Waals surface area contributed by atoms with Crippen molar-refractivity contribution in [1.29, 1.82) is 0 Å². The molecule has 2 N–H and O–H groups in total. The average Bonchev–Trinajstić information content (AvgIpc) is 2.33. The Morgan fingerprint density at radius 1 is 1.35 bits per heavy atom. The maximum atomic E-state index is 11.9. The molecule has 0 atom stereocenters. The van der Waals surface area contributed by atoms with E-state index in [-0.39, 0.29) is 11.9 Å². The number of benzene rings is 1. The molecule has 0 saturated heterocycles. The third kappa shape index (κ3) is 6.68. The number of nitrogens with one attached hydrogen (secondary N) is 2. The molecule has 1 aromatic rings. The summed E-state index contributed by atoms with van der Waals surface area (Å²) in [7, 11) is -3.15. The van der Waals surface area contributed by atoms with E-state index in [1.807, 2.05) is 32.4 Å². The van der Waals surface area contributed by atoms with Crippen LogP contribution in [-0.4, -0.2) is 33.2 Å². The van der Waals surface area contributed by atoms with Crippen LogP contribution in [0, 0.1) is 6.42 Å². The summed E-state index contributed by atoms with van der Waals surface area (Å²) in [6.07, 6.45) is 3.59. The van der Waals surface area contributed by atoms with E-state index in [4.69, 9.17) is 0 Å². The SMILES string of the molecule is CC(C)NC(=O)c1cccc([CH]CCNS(C)(=O)=O)c1. The normalized spacial score (nSPS) is 11.6. The monoisotopic (exact) mass is 297 g/mol. The van der Waals surface area contributed by atoms with Crippen LogP contribution in [0.1, 0.15) is 36.2 Å². The lowest BCUT2D eigenvalue weighted by Gasteiger charge is -2.09. The Kier molecular flexibility index (Phi) is 6.16. The summed E-state index contributed by atoms with van der Waals surface area (Å²) in [6, 6.07) is 7.33. The van der Waals surface area contributed by atoms with Crippen molar-refractivity contribution < 1.29 is 13.2 Å². The van der Waals surface area contributed by atoms with Crippen LogP contribution in [0.15, 0.2) is 24.3 Å². The smallest absolute Gasteiger partial charge is 0.251 e. The minimum absolute atomic E-state index is 0.0918. The van der Waals surface area contributed by atoms with Gasteiger partial charge in [-0.05, 0) is 44.4 Å². The molecule has 0 spiro atoms. The molecule has 6 heteroatoms. The van der Waals surface area contributed by atoms with Crippen molar-refractivity contribution in [3.05, 3.63) is 41.8 Å². The molecule has 0 heterocycles. The predicted molar refractivity (Wildman–Crippen MR) is 79.9 cm³/mol. The average molecular weight is 297 g/mol.